The Bertz CT molecular complexity index is 457. The number of hydrogen-bond acceptors (Lipinski definition) is 3. The van der Waals surface area contributed by atoms with Gasteiger partial charge in [0.15, 0.2) is 0 Å². The number of benzene rings is 1. The van der Waals surface area contributed by atoms with Crippen molar-refractivity contribution in [1.82, 2.24) is 0 Å². The van der Waals surface area contributed by atoms with E-state index < -0.39 is 7.32 Å². The molecule has 4 heteroatoms. The van der Waals surface area contributed by atoms with Crippen molar-refractivity contribution in [2.24, 2.45) is 5.92 Å². The Hall–Kier alpha value is -0.835. The fourth-order valence-corrected chi connectivity index (χ4v) is 2.84. The van der Waals surface area contributed by atoms with Crippen LogP contribution in [0.2, 0.25) is 0 Å². The van der Waals surface area contributed by atoms with Gasteiger partial charge in [0.2, 0.25) is 0 Å². The molecular formula is C16H23BO3. The van der Waals surface area contributed by atoms with Gasteiger partial charge in [-0.3, -0.25) is 0 Å². The molecule has 1 heterocycles. The van der Waals surface area contributed by atoms with Gasteiger partial charge in [0, 0.05) is 6.61 Å². The molecule has 0 N–H and O–H groups in total. The molecule has 0 saturated carbocycles. The van der Waals surface area contributed by atoms with Gasteiger partial charge in [-0.1, -0.05) is 24.3 Å². The minimum absolute atomic E-state index is 0.323. The SMILES string of the molecule is CC1(C)OB(OCC2Cc3ccccc3C2)OC1(C)C. The van der Waals surface area contributed by atoms with Crippen LogP contribution >= 0.6 is 0 Å². The van der Waals surface area contributed by atoms with E-state index in [-0.39, 0.29) is 11.2 Å². The topological polar surface area (TPSA) is 27.7 Å². The molecule has 0 radical (unpaired) electrons. The third-order valence-electron chi connectivity index (χ3n) is 4.84. The maximum atomic E-state index is 5.86. The molecule has 0 bridgehead atoms. The zero-order valence-corrected chi connectivity index (χ0v) is 12.8. The van der Waals surface area contributed by atoms with Crippen LogP contribution < -0.4 is 0 Å². The van der Waals surface area contributed by atoms with Crippen LogP contribution in [0.15, 0.2) is 24.3 Å². The molecule has 2 aliphatic rings. The Balaban J connectivity index is 1.53. The Morgan fingerprint density at radius 1 is 1.05 bits per heavy atom. The third kappa shape index (κ3) is 2.52. The summed E-state index contributed by atoms with van der Waals surface area (Å²) in [7, 11) is -0.538. The van der Waals surface area contributed by atoms with E-state index in [0.29, 0.717) is 12.5 Å². The van der Waals surface area contributed by atoms with Gasteiger partial charge in [-0.05, 0) is 57.6 Å². The summed E-state index contributed by atoms with van der Waals surface area (Å²) >= 11 is 0. The molecule has 1 saturated heterocycles. The summed E-state index contributed by atoms with van der Waals surface area (Å²) in [4.78, 5) is 0. The van der Waals surface area contributed by atoms with Crippen LogP contribution in [0.1, 0.15) is 38.8 Å². The molecule has 20 heavy (non-hydrogen) atoms. The lowest BCUT2D eigenvalue weighted by Crippen LogP contribution is -2.41. The number of rotatable bonds is 3. The smallest absolute Gasteiger partial charge is 0.386 e. The second kappa shape index (κ2) is 4.87. The largest absolute Gasteiger partial charge is 0.640 e. The van der Waals surface area contributed by atoms with Crippen molar-refractivity contribution in [1.29, 1.82) is 0 Å². The highest BCUT2D eigenvalue weighted by Crippen LogP contribution is 2.37. The molecule has 0 unspecified atom stereocenters. The second-order valence-corrected chi connectivity index (χ2v) is 6.92. The van der Waals surface area contributed by atoms with Crippen molar-refractivity contribution in [3.63, 3.8) is 0 Å². The zero-order chi connectivity index (χ0) is 14.4. The summed E-state index contributed by atoms with van der Waals surface area (Å²) in [5.41, 5.74) is 2.26. The molecule has 0 amide bonds. The highest BCUT2D eigenvalue weighted by Gasteiger charge is 2.53. The Kier molecular flexibility index (Phi) is 3.43. The van der Waals surface area contributed by atoms with Crippen LogP contribution in [0.25, 0.3) is 0 Å². The van der Waals surface area contributed by atoms with Crippen LogP contribution in [0.5, 0.6) is 0 Å². The predicted molar refractivity (Wildman–Crippen MR) is 79.4 cm³/mol. The van der Waals surface area contributed by atoms with Gasteiger partial charge in [-0.2, -0.15) is 0 Å². The molecule has 1 aliphatic carbocycles. The van der Waals surface area contributed by atoms with Gasteiger partial charge in [0.1, 0.15) is 0 Å². The van der Waals surface area contributed by atoms with Gasteiger partial charge in [-0.15, -0.1) is 0 Å². The summed E-state index contributed by atoms with van der Waals surface area (Å²) in [6.07, 6.45) is 2.19. The van der Waals surface area contributed by atoms with E-state index in [1.54, 1.807) is 0 Å². The van der Waals surface area contributed by atoms with E-state index in [0.717, 1.165) is 12.8 Å². The van der Waals surface area contributed by atoms with Crippen LogP contribution in [0.4, 0.5) is 0 Å². The van der Waals surface area contributed by atoms with E-state index in [1.807, 2.05) is 27.7 Å². The fourth-order valence-electron chi connectivity index (χ4n) is 2.84. The molecular weight excluding hydrogens is 251 g/mol. The lowest BCUT2D eigenvalue weighted by molar-refractivity contribution is 0.00578. The maximum Gasteiger partial charge on any atom is 0.640 e. The highest BCUT2D eigenvalue weighted by atomic mass is 16.8. The Labute approximate surface area is 121 Å². The lowest BCUT2D eigenvalue weighted by atomic mass is 9.90. The summed E-state index contributed by atoms with van der Waals surface area (Å²) in [6.45, 7) is 8.86. The van der Waals surface area contributed by atoms with E-state index in [2.05, 4.69) is 24.3 Å². The standard InChI is InChI=1S/C16H23BO3/c1-15(2)16(3,4)20-17(19-15)18-11-12-9-13-7-5-6-8-14(13)10-12/h5-8,12H,9-11H2,1-4H3. The average Bonchev–Trinajstić information content (AvgIpc) is 2.85. The van der Waals surface area contributed by atoms with Crippen LogP contribution in [0, 0.1) is 5.92 Å². The Morgan fingerprint density at radius 2 is 1.55 bits per heavy atom. The van der Waals surface area contributed by atoms with Crippen LogP contribution in [0.3, 0.4) is 0 Å². The molecule has 0 atom stereocenters. The van der Waals surface area contributed by atoms with Crippen molar-refractivity contribution < 1.29 is 14.0 Å². The summed E-state index contributed by atoms with van der Waals surface area (Å²) in [5, 5.41) is 0. The van der Waals surface area contributed by atoms with E-state index in [1.165, 1.54) is 11.1 Å². The Morgan fingerprint density at radius 3 is 2.05 bits per heavy atom. The molecule has 1 aromatic rings. The van der Waals surface area contributed by atoms with Gasteiger partial charge in [-0.25, -0.2) is 0 Å². The zero-order valence-electron chi connectivity index (χ0n) is 12.8. The molecule has 1 fully saturated rings. The fraction of sp³-hybridized carbons (Fsp3) is 0.625. The minimum atomic E-state index is -0.538. The molecule has 1 aromatic carbocycles. The molecule has 3 rings (SSSR count). The van der Waals surface area contributed by atoms with Crippen molar-refractivity contribution >= 4 is 7.32 Å². The molecule has 0 spiro atoms. The summed E-state index contributed by atoms with van der Waals surface area (Å²) < 4.78 is 17.6. The maximum absolute atomic E-state index is 5.86. The molecule has 1 aliphatic heterocycles. The van der Waals surface area contributed by atoms with Gasteiger partial charge in [0.25, 0.3) is 0 Å². The van der Waals surface area contributed by atoms with E-state index >= 15 is 0 Å². The quantitative estimate of drug-likeness (QED) is 0.793. The highest BCUT2D eigenvalue weighted by molar-refractivity contribution is 6.37. The third-order valence-corrected chi connectivity index (χ3v) is 4.84. The number of hydrogen-bond donors (Lipinski definition) is 0. The average molecular weight is 274 g/mol. The van der Waals surface area contributed by atoms with E-state index in [4.69, 9.17) is 14.0 Å². The second-order valence-electron chi connectivity index (χ2n) is 6.92. The number of fused-ring (bicyclic) bond motifs is 1. The summed E-state index contributed by atoms with van der Waals surface area (Å²) in [5.74, 6) is 0.534. The van der Waals surface area contributed by atoms with Gasteiger partial charge < -0.3 is 14.0 Å². The first-order chi connectivity index (χ1) is 9.37. The van der Waals surface area contributed by atoms with Crippen molar-refractivity contribution in [2.45, 2.75) is 51.7 Å². The lowest BCUT2D eigenvalue weighted by Gasteiger charge is -2.31. The molecule has 108 valence electrons. The predicted octanol–water partition coefficient (Wildman–Crippen LogP) is 3.01. The van der Waals surface area contributed by atoms with Gasteiger partial charge in [0.05, 0.1) is 11.2 Å². The monoisotopic (exact) mass is 274 g/mol. The first-order valence-corrected chi connectivity index (χ1v) is 7.41. The van der Waals surface area contributed by atoms with Crippen molar-refractivity contribution in [3.8, 4) is 0 Å². The molecule has 0 aromatic heterocycles. The van der Waals surface area contributed by atoms with Crippen LogP contribution in [-0.2, 0) is 26.8 Å². The van der Waals surface area contributed by atoms with E-state index in [9.17, 15) is 0 Å². The first kappa shape index (κ1) is 14.1. The van der Waals surface area contributed by atoms with Crippen molar-refractivity contribution in [2.75, 3.05) is 6.61 Å². The van der Waals surface area contributed by atoms with Crippen LogP contribution in [-0.4, -0.2) is 25.1 Å². The minimum Gasteiger partial charge on any atom is -0.386 e. The van der Waals surface area contributed by atoms with Gasteiger partial charge >= 0.3 is 7.32 Å². The summed E-state index contributed by atoms with van der Waals surface area (Å²) in [6, 6.07) is 8.64. The van der Waals surface area contributed by atoms with Crippen molar-refractivity contribution in [3.05, 3.63) is 35.4 Å². The first-order valence-electron chi connectivity index (χ1n) is 7.41. The normalized spacial score (nSPS) is 24.1. The molecule has 3 nitrogen and oxygen atoms in total.